The highest BCUT2D eigenvalue weighted by Crippen LogP contribution is 2.57. The van der Waals surface area contributed by atoms with Crippen LogP contribution in [-0.4, -0.2) is 75.0 Å². The molecule has 8 nitrogen and oxygen atoms in total. The van der Waals surface area contributed by atoms with Gasteiger partial charge in [0.15, 0.2) is 0 Å². The summed E-state index contributed by atoms with van der Waals surface area (Å²) in [4.78, 5) is 0. The Labute approximate surface area is 411 Å². The Morgan fingerprint density at radius 2 is 0.508 bits per heavy atom. The van der Waals surface area contributed by atoms with Gasteiger partial charge in [-0.2, -0.15) is 0 Å². The molecular formula is C57H128N4O4. The lowest BCUT2D eigenvalue weighted by atomic mass is 9.52. The molecule has 4 rings (SSSR count). The number of hydrogen-bond acceptors (Lipinski definition) is 8. The van der Waals surface area contributed by atoms with E-state index < -0.39 is 0 Å². The summed E-state index contributed by atoms with van der Waals surface area (Å²) in [5.41, 5.74) is 25.9. The maximum absolute atomic E-state index is 6.26. The Morgan fingerprint density at radius 1 is 0.323 bits per heavy atom. The number of rotatable bonds is 0. The maximum Gasteiger partial charge on any atom is 0.0929 e. The van der Waals surface area contributed by atoms with Crippen molar-refractivity contribution in [1.29, 1.82) is 0 Å². The van der Waals surface area contributed by atoms with Gasteiger partial charge in [-0.15, -0.1) is 0 Å². The van der Waals surface area contributed by atoms with Crippen molar-refractivity contribution in [2.75, 3.05) is 39.6 Å². The van der Waals surface area contributed by atoms with E-state index in [-0.39, 0.29) is 96.9 Å². The minimum absolute atomic E-state index is 0. The van der Waals surface area contributed by atoms with Gasteiger partial charge in [0.25, 0.3) is 0 Å². The van der Waals surface area contributed by atoms with Crippen LogP contribution < -0.4 is 22.9 Å². The number of hydrogen-bond donors (Lipinski definition) is 4. The first-order chi connectivity index (χ1) is 28.5. The van der Waals surface area contributed by atoms with Gasteiger partial charge in [0.2, 0.25) is 0 Å². The molecule has 0 aromatic heterocycles. The Balaban J connectivity index is -0.000000232. The van der Waals surface area contributed by atoms with E-state index in [0.29, 0.717) is 13.2 Å². The zero-order valence-corrected chi connectivity index (χ0v) is 49.9. The predicted octanol–water partition coefficient (Wildman–Crippen LogP) is 14.7. The Bertz CT molecular complexity index is 975. The third kappa shape index (κ3) is 15.8. The fourth-order valence-corrected chi connectivity index (χ4v) is 13.2. The molecule has 0 bridgehead atoms. The molecule has 0 aliphatic carbocycles. The average Bonchev–Trinajstić information content (AvgIpc) is 3.92. The van der Waals surface area contributed by atoms with E-state index in [4.69, 9.17) is 41.9 Å². The van der Waals surface area contributed by atoms with Crippen molar-refractivity contribution in [2.45, 2.75) is 277 Å². The molecule has 4 atom stereocenters. The Morgan fingerprint density at radius 3 is 0.569 bits per heavy atom. The van der Waals surface area contributed by atoms with E-state index in [1.807, 2.05) is 55.4 Å². The first-order valence-electron chi connectivity index (χ1n) is 26.0. The van der Waals surface area contributed by atoms with Crippen molar-refractivity contribution in [3.05, 3.63) is 0 Å². The van der Waals surface area contributed by atoms with Crippen molar-refractivity contribution in [1.82, 2.24) is 0 Å². The van der Waals surface area contributed by atoms with Crippen LogP contribution in [0.15, 0.2) is 0 Å². The third-order valence-electron chi connectivity index (χ3n) is 14.9. The van der Waals surface area contributed by atoms with Crippen LogP contribution in [0.2, 0.25) is 0 Å². The number of ether oxygens (including phenoxy) is 4. The molecule has 0 amide bonds. The molecule has 8 heteroatoms. The van der Waals surface area contributed by atoms with Gasteiger partial charge in [-0.1, -0.05) is 229 Å². The second-order valence-corrected chi connectivity index (χ2v) is 26.1. The zero-order chi connectivity index (χ0) is 52.8. The van der Waals surface area contributed by atoms with Gasteiger partial charge >= 0.3 is 0 Å². The molecule has 0 radical (unpaired) electrons. The van der Waals surface area contributed by atoms with Crippen LogP contribution in [0.3, 0.4) is 0 Å². The normalized spacial score (nSPS) is 24.6. The lowest BCUT2D eigenvalue weighted by Crippen LogP contribution is -2.62. The molecule has 0 spiro atoms. The van der Waals surface area contributed by atoms with Gasteiger partial charge < -0.3 is 41.9 Å². The summed E-state index contributed by atoms with van der Waals surface area (Å²) in [7, 11) is 0. The van der Waals surface area contributed by atoms with Gasteiger partial charge in [0.05, 0.1) is 37.6 Å². The van der Waals surface area contributed by atoms with E-state index in [1.54, 1.807) is 0 Å². The van der Waals surface area contributed by atoms with E-state index in [9.17, 15) is 0 Å². The second kappa shape index (κ2) is 27.3. The van der Waals surface area contributed by atoms with Crippen LogP contribution in [0, 0.1) is 54.1 Å². The minimum Gasteiger partial charge on any atom is -0.379 e. The summed E-state index contributed by atoms with van der Waals surface area (Å²) < 4.78 is 23.3. The second-order valence-electron chi connectivity index (χ2n) is 26.1. The van der Waals surface area contributed by atoms with Gasteiger partial charge in [-0.05, 0) is 56.2 Å². The smallest absolute Gasteiger partial charge is 0.0929 e. The van der Waals surface area contributed by atoms with E-state index in [0.717, 1.165) is 39.3 Å². The van der Waals surface area contributed by atoms with Crippen molar-refractivity contribution >= 4 is 0 Å². The molecule has 4 fully saturated rings. The summed E-state index contributed by atoms with van der Waals surface area (Å²) >= 11 is 0. The van der Waals surface area contributed by atoms with Crippen molar-refractivity contribution in [2.24, 2.45) is 77.1 Å². The predicted molar refractivity (Wildman–Crippen MR) is 293 cm³/mol. The van der Waals surface area contributed by atoms with E-state index in [2.05, 4.69) is 166 Å². The van der Waals surface area contributed by atoms with Crippen molar-refractivity contribution in [3.63, 3.8) is 0 Å². The fraction of sp³-hybridized carbons (Fsp3) is 1.00. The number of nitrogens with two attached hydrogens (primary N) is 4. The molecule has 0 aromatic rings. The Hall–Kier alpha value is -0.320. The topological polar surface area (TPSA) is 141 Å². The van der Waals surface area contributed by atoms with Crippen LogP contribution in [0.4, 0.5) is 0 Å². The van der Waals surface area contributed by atoms with Crippen LogP contribution in [0.25, 0.3) is 0 Å². The summed E-state index contributed by atoms with van der Waals surface area (Å²) in [6.07, 6.45) is 1.96. The molecule has 4 heterocycles. The van der Waals surface area contributed by atoms with Gasteiger partial charge in [-0.25, -0.2) is 0 Å². The zero-order valence-electron chi connectivity index (χ0n) is 49.9. The quantitative estimate of drug-likeness (QED) is 0.188. The molecule has 400 valence electrons. The van der Waals surface area contributed by atoms with Gasteiger partial charge in [0, 0.05) is 48.2 Å². The largest absolute Gasteiger partial charge is 0.379 e. The highest BCUT2D eigenvalue weighted by Gasteiger charge is 2.60. The lowest BCUT2D eigenvalue weighted by Gasteiger charge is -2.53. The molecule has 4 saturated heterocycles. The molecule has 8 N–H and O–H groups in total. The highest BCUT2D eigenvalue weighted by molar-refractivity contribution is 5.12. The third-order valence-corrected chi connectivity index (χ3v) is 14.9. The SMILES string of the molecule is C.CC.CC.CC.CC.CC(C)(C)C1(C(C)(C)C)COC[C@@H]1N.CC(C)(C)C1(C(C)(C)C)COC[C@H]1N.CC(C)(C)C1(C(C)(C)C)OCC[C@@H]1N.CC(C)(C)C1(C(C)(C)C)OCC[C@H]1N. The standard InChI is InChI=1S/4C12H25NO.4C2H6.CH4/c2*1-10(2,3)12(11(4,5)6)8-14-7-9(12)13;2*1-10(2,3)12(11(4,5)6)9(13)7-8-14-12;4*1-2;/h4*9H,7-8,13H2,1-6H3;4*1-2H3;1H4/t4*9-;;;;;/m1010...../s1. The fourth-order valence-electron chi connectivity index (χ4n) is 13.2. The van der Waals surface area contributed by atoms with Crippen LogP contribution >= 0.6 is 0 Å². The average molecular weight is 934 g/mol. The summed E-state index contributed by atoms with van der Waals surface area (Å²) in [5.74, 6) is 0. The molecule has 0 unspecified atom stereocenters. The first-order valence-corrected chi connectivity index (χ1v) is 26.0. The van der Waals surface area contributed by atoms with E-state index >= 15 is 0 Å². The summed E-state index contributed by atoms with van der Waals surface area (Å²) in [6, 6.07) is 0.620. The van der Waals surface area contributed by atoms with Crippen molar-refractivity contribution in [3.8, 4) is 0 Å². The summed E-state index contributed by atoms with van der Waals surface area (Å²) in [6.45, 7) is 74.5. The minimum atomic E-state index is -0.194. The summed E-state index contributed by atoms with van der Waals surface area (Å²) in [5, 5.41) is 0. The highest BCUT2D eigenvalue weighted by atomic mass is 16.5. The first kappa shape index (κ1) is 73.6. The van der Waals surface area contributed by atoms with Crippen molar-refractivity contribution < 1.29 is 18.9 Å². The molecule has 4 aliphatic heterocycles. The van der Waals surface area contributed by atoms with Crippen LogP contribution in [0.1, 0.15) is 242 Å². The molecule has 65 heavy (non-hydrogen) atoms. The Kier molecular flexibility index (Phi) is 31.0. The van der Waals surface area contributed by atoms with Gasteiger partial charge in [-0.3, -0.25) is 0 Å². The monoisotopic (exact) mass is 933 g/mol. The lowest BCUT2D eigenvalue weighted by molar-refractivity contribution is -0.155. The van der Waals surface area contributed by atoms with Gasteiger partial charge in [0.1, 0.15) is 0 Å². The molecular weight excluding hydrogens is 805 g/mol. The van der Waals surface area contributed by atoms with E-state index in [1.165, 1.54) is 0 Å². The van der Waals surface area contributed by atoms with Crippen LogP contribution in [-0.2, 0) is 18.9 Å². The molecule has 0 aromatic carbocycles. The molecule has 0 saturated carbocycles. The molecule has 4 aliphatic rings. The van der Waals surface area contributed by atoms with Crippen LogP contribution in [0.5, 0.6) is 0 Å². The maximum atomic E-state index is 6.26.